The highest BCUT2D eigenvalue weighted by Crippen LogP contribution is 2.35. The Kier molecular flexibility index (Phi) is 6.70. The Morgan fingerprint density at radius 1 is 1.11 bits per heavy atom. The summed E-state index contributed by atoms with van der Waals surface area (Å²) >= 11 is 0. The zero-order valence-corrected chi connectivity index (χ0v) is 15.6. The fourth-order valence-electron chi connectivity index (χ4n) is 2.51. The summed E-state index contributed by atoms with van der Waals surface area (Å²) in [6, 6.07) is 3.99. The summed E-state index contributed by atoms with van der Waals surface area (Å²) in [6.45, 7) is 4.12. The zero-order chi connectivity index (χ0) is 20.0. The average Bonchev–Trinajstić information content (AvgIpc) is 2.64. The number of alkyl halides is 3. The summed E-state index contributed by atoms with van der Waals surface area (Å²) in [6.07, 6.45) is -1.44. The minimum absolute atomic E-state index is 0.175. The molecule has 0 amide bonds. The lowest BCUT2D eigenvalue weighted by molar-refractivity contribution is -0.274. The summed E-state index contributed by atoms with van der Waals surface area (Å²) < 4.78 is 51.6. The summed E-state index contributed by atoms with van der Waals surface area (Å²) in [5.74, 6) is 0.590. The third kappa shape index (κ3) is 5.38. The highest BCUT2D eigenvalue weighted by atomic mass is 19.4. The molecular formula is C18H22F3N3O3. The monoisotopic (exact) mass is 385 g/mol. The van der Waals surface area contributed by atoms with Crippen molar-refractivity contribution in [1.82, 2.24) is 9.97 Å². The quantitative estimate of drug-likeness (QED) is 0.713. The Hall–Kier alpha value is -2.71. The van der Waals surface area contributed by atoms with Gasteiger partial charge in [-0.15, -0.1) is 13.2 Å². The first-order valence-corrected chi connectivity index (χ1v) is 8.43. The molecule has 1 aromatic carbocycles. The van der Waals surface area contributed by atoms with Gasteiger partial charge in [0, 0.05) is 17.7 Å². The SMILES string of the molecule is CCC(CC)Nc1ncc(-c2ccc(OC(F)(F)F)cc2OC)nc1OC. The second kappa shape index (κ2) is 8.79. The molecule has 0 atom stereocenters. The van der Waals surface area contributed by atoms with Gasteiger partial charge in [0.15, 0.2) is 5.82 Å². The van der Waals surface area contributed by atoms with E-state index in [2.05, 4.69) is 33.9 Å². The molecule has 0 aliphatic carbocycles. The molecule has 1 N–H and O–H groups in total. The van der Waals surface area contributed by atoms with Gasteiger partial charge in [0.2, 0.25) is 0 Å². The minimum Gasteiger partial charge on any atom is -0.496 e. The molecule has 0 saturated heterocycles. The summed E-state index contributed by atoms with van der Waals surface area (Å²) in [5.41, 5.74) is 0.865. The van der Waals surface area contributed by atoms with Crippen LogP contribution < -0.4 is 19.5 Å². The van der Waals surface area contributed by atoms with Gasteiger partial charge < -0.3 is 19.5 Å². The van der Waals surface area contributed by atoms with Crippen molar-refractivity contribution in [2.24, 2.45) is 0 Å². The number of rotatable bonds is 8. The number of hydrogen-bond donors (Lipinski definition) is 1. The van der Waals surface area contributed by atoms with Crippen molar-refractivity contribution in [3.05, 3.63) is 24.4 Å². The summed E-state index contributed by atoms with van der Waals surface area (Å²) in [5, 5.41) is 3.27. The van der Waals surface area contributed by atoms with E-state index in [4.69, 9.17) is 9.47 Å². The second-order valence-corrected chi connectivity index (χ2v) is 5.68. The lowest BCUT2D eigenvalue weighted by atomic mass is 10.1. The molecule has 27 heavy (non-hydrogen) atoms. The van der Waals surface area contributed by atoms with E-state index in [1.54, 1.807) is 0 Å². The highest BCUT2D eigenvalue weighted by molar-refractivity contribution is 5.69. The number of methoxy groups -OCH3 is 2. The van der Waals surface area contributed by atoms with Crippen LogP contribution >= 0.6 is 0 Å². The molecule has 0 radical (unpaired) electrons. The maximum absolute atomic E-state index is 12.4. The number of nitrogens with one attached hydrogen (secondary N) is 1. The van der Waals surface area contributed by atoms with E-state index in [9.17, 15) is 13.2 Å². The minimum atomic E-state index is -4.78. The van der Waals surface area contributed by atoms with E-state index < -0.39 is 6.36 Å². The van der Waals surface area contributed by atoms with Gasteiger partial charge >= 0.3 is 6.36 Å². The molecule has 9 heteroatoms. The fraction of sp³-hybridized carbons (Fsp3) is 0.444. The van der Waals surface area contributed by atoms with Crippen LogP contribution in [-0.4, -0.2) is 36.6 Å². The molecule has 6 nitrogen and oxygen atoms in total. The Labute approximate surface area is 155 Å². The van der Waals surface area contributed by atoms with Crippen LogP contribution in [0.1, 0.15) is 26.7 Å². The van der Waals surface area contributed by atoms with Crippen molar-refractivity contribution in [3.63, 3.8) is 0 Å². The van der Waals surface area contributed by atoms with E-state index in [-0.39, 0.29) is 23.4 Å². The maximum atomic E-state index is 12.4. The van der Waals surface area contributed by atoms with E-state index in [1.165, 1.54) is 32.5 Å². The molecule has 2 aromatic rings. The van der Waals surface area contributed by atoms with E-state index in [0.29, 0.717) is 17.1 Å². The van der Waals surface area contributed by atoms with Crippen molar-refractivity contribution in [2.75, 3.05) is 19.5 Å². The Bertz CT molecular complexity index is 765. The van der Waals surface area contributed by atoms with E-state index >= 15 is 0 Å². The molecule has 0 unspecified atom stereocenters. The first-order chi connectivity index (χ1) is 12.8. The van der Waals surface area contributed by atoms with Crippen molar-refractivity contribution >= 4 is 5.82 Å². The van der Waals surface area contributed by atoms with Gasteiger partial charge in [0.05, 0.1) is 26.1 Å². The predicted octanol–water partition coefficient (Wildman–Crippen LogP) is 4.66. The summed E-state index contributed by atoms with van der Waals surface area (Å²) in [7, 11) is 2.83. The van der Waals surface area contributed by atoms with Crippen LogP contribution in [-0.2, 0) is 0 Å². The molecule has 0 saturated carbocycles. The van der Waals surface area contributed by atoms with Crippen molar-refractivity contribution in [2.45, 2.75) is 39.1 Å². The van der Waals surface area contributed by atoms with Crippen molar-refractivity contribution in [1.29, 1.82) is 0 Å². The molecule has 0 fully saturated rings. The normalized spacial score (nSPS) is 11.4. The number of aromatic nitrogens is 2. The van der Waals surface area contributed by atoms with Gasteiger partial charge in [-0.25, -0.2) is 9.97 Å². The first-order valence-electron chi connectivity index (χ1n) is 8.43. The van der Waals surface area contributed by atoms with Crippen molar-refractivity contribution < 1.29 is 27.4 Å². The number of ether oxygens (including phenoxy) is 3. The lowest BCUT2D eigenvalue weighted by Crippen LogP contribution is -2.18. The second-order valence-electron chi connectivity index (χ2n) is 5.68. The number of anilines is 1. The molecular weight excluding hydrogens is 363 g/mol. The lowest BCUT2D eigenvalue weighted by Gasteiger charge is -2.18. The topological polar surface area (TPSA) is 65.5 Å². The zero-order valence-electron chi connectivity index (χ0n) is 15.6. The van der Waals surface area contributed by atoms with Crippen LogP contribution in [0.25, 0.3) is 11.3 Å². The van der Waals surface area contributed by atoms with Gasteiger partial charge in [-0.05, 0) is 25.0 Å². The molecule has 1 heterocycles. The molecule has 0 spiro atoms. The number of halogens is 3. The third-order valence-electron chi connectivity index (χ3n) is 3.94. The first kappa shape index (κ1) is 20.6. The van der Waals surface area contributed by atoms with Crippen LogP contribution in [0.5, 0.6) is 17.4 Å². The van der Waals surface area contributed by atoms with Crippen LogP contribution in [0.3, 0.4) is 0 Å². The number of benzene rings is 1. The van der Waals surface area contributed by atoms with Gasteiger partial charge in [0.1, 0.15) is 11.5 Å². The Morgan fingerprint density at radius 3 is 2.37 bits per heavy atom. The predicted molar refractivity (Wildman–Crippen MR) is 95.2 cm³/mol. The Morgan fingerprint density at radius 2 is 1.81 bits per heavy atom. The van der Waals surface area contributed by atoms with Gasteiger partial charge in [0.25, 0.3) is 5.88 Å². The molecule has 2 rings (SSSR count). The Balaban J connectivity index is 2.37. The fourth-order valence-corrected chi connectivity index (χ4v) is 2.51. The van der Waals surface area contributed by atoms with Crippen LogP contribution in [0, 0.1) is 0 Å². The maximum Gasteiger partial charge on any atom is 0.573 e. The molecule has 1 aromatic heterocycles. The smallest absolute Gasteiger partial charge is 0.496 e. The van der Waals surface area contributed by atoms with Crippen LogP contribution in [0.2, 0.25) is 0 Å². The summed E-state index contributed by atoms with van der Waals surface area (Å²) in [4.78, 5) is 8.76. The molecule has 0 bridgehead atoms. The average molecular weight is 385 g/mol. The van der Waals surface area contributed by atoms with Gasteiger partial charge in [-0.3, -0.25) is 0 Å². The van der Waals surface area contributed by atoms with Crippen molar-refractivity contribution in [3.8, 4) is 28.6 Å². The van der Waals surface area contributed by atoms with Gasteiger partial charge in [-0.2, -0.15) is 0 Å². The number of hydrogen-bond acceptors (Lipinski definition) is 6. The van der Waals surface area contributed by atoms with E-state index in [1.807, 2.05) is 0 Å². The molecule has 0 aliphatic heterocycles. The standard InChI is InChI=1S/C18H22F3N3O3/c1-5-11(6-2)23-16-17(26-4)24-14(10-22-16)13-8-7-12(9-15(13)25-3)27-18(19,20)21/h7-11H,5-6H2,1-4H3,(H,22,23). The van der Waals surface area contributed by atoms with Crippen LogP contribution in [0.15, 0.2) is 24.4 Å². The molecule has 0 aliphatic rings. The molecule has 148 valence electrons. The van der Waals surface area contributed by atoms with E-state index in [0.717, 1.165) is 18.9 Å². The van der Waals surface area contributed by atoms with Crippen LogP contribution in [0.4, 0.5) is 19.0 Å². The third-order valence-corrected chi connectivity index (χ3v) is 3.94. The number of nitrogens with zero attached hydrogens (tertiary/aromatic N) is 2. The largest absolute Gasteiger partial charge is 0.573 e. The highest BCUT2D eigenvalue weighted by Gasteiger charge is 2.31. The van der Waals surface area contributed by atoms with Gasteiger partial charge in [-0.1, -0.05) is 13.8 Å².